The smallest absolute Gasteiger partial charge is 0.496 e. The molecule has 0 radical (unpaired) electrons. The Bertz CT molecular complexity index is 6270. The van der Waals surface area contributed by atoms with Gasteiger partial charge in [-0.15, -0.1) is 13.2 Å². The number of ether oxygens (including phenoxy) is 3. The SMILES string of the molecule is CCc1c(-c2cccnc2)cc2c3c1CCC(=O)N3CC2.COc1ccncc1-c1cc2c3c(c1)CCN3C(=O)CC2.COc1ccncc1-c1cc2c3c(c1)CCN3C(=O)CC2.Cc1c(-c2cccnc2)cc2c3c1CCC(=O)N3CC2.Cc1c(-c2cccnc2)cc2c3c1CCN3C(=O)CC2.O=C1CCc2cc(-c3cncc(OC(F)(F)F)c3)cc3c2N1CC3. The zero-order valence-corrected chi connectivity index (χ0v) is 71.7. The highest BCUT2D eigenvalue weighted by Crippen LogP contribution is 2.49. The van der Waals surface area contributed by atoms with Gasteiger partial charge in [0, 0.05) is 179 Å². The van der Waals surface area contributed by atoms with Crippen molar-refractivity contribution in [3.05, 3.63) is 267 Å². The van der Waals surface area contributed by atoms with E-state index in [1.807, 2.05) is 104 Å². The van der Waals surface area contributed by atoms with Crippen molar-refractivity contribution in [3.63, 3.8) is 0 Å². The monoisotopic (exact) mass is 1700 g/mol. The quantitative estimate of drug-likeness (QED) is 0.124. The molecular formula is C103H95F3N12O9. The van der Waals surface area contributed by atoms with Crippen LogP contribution in [0.25, 0.3) is 66.8 Å². The van der Waals surface area contributed by atoms with E-state index in [0.717, 1.165) is 183 Å². The van der Waals surface area contributed by atoms with Crippen LogP contribution in [0.2, 0.25) is 0 Å². The van der Waals surface area contributed by atoms with Gasteiger partial charge in [-0.05, 0) is 305 Å². The number of benzene rings is 6. The number of aromatic nitrogens is 6. The second kappa shape index (κ2) is 34.6. The predicted molar refractivity (Wildman–Crippen MR) is 483 cm³/mol. The van der Waals surface area contributed by atoms with Crippen molar-refractivity contribution in [3.8, 4) is 84.0 Å². The van der Waals surface area contributed by atoms with Crippen molar-refractivity contribution in [1.82, 2.24) is 29.9 Å². The molecule has 6 aromatic heterocycles. The van der Waals surface area contributed by atoms with Crippen molar-refractivity contribution in [2.24, 2.45) is 0 Å². The molecule has 0 atom stereocenters. The molecule has 12 aliphatic rings. The number of alkyl halides is 3. The summed E-state index contributed by atoms with van der Waals surface area (Å²) in [7, 11) is 3.35. The van der Waals surface area contributed by atoms with Gasteiger partial charge in [-0.25, -0.2) is 0 Å². The van der Waals surface area contributed by atoms with Gasteiger partial charge in [0.1, 0.15) is 17.2 Å². The number of amides is 6. The Balaban J connectivity index is 0.0000000994. The van der Waals surface area contributed by atoms with Crippen LogP contribution in [0.5, 0.6) is 17.2 Å². The number of hydrogen-bond acceptors (Lipinski definition) is 15. The van der Waals surface area contributed by atoms with Crippen LogP contribution in [0.1, 0.15) is 129 Å². The van der Waals surface area contributed by atoms with E-state index in [2.05, 4.69) is 116 Å². The maximum atomic E-state index is 12.4. The normalized spacial score (nSPS) is 16.3. The molecule has 12 aromatic rings. The lowest BCUT2D eigenvalue weighted by Gasteiger charge is -2.28. The summed E-state index contributed by atoms with van der Waals surface area (Å²) in [5, 5.41) is 0. The van der Waals surface area contributed by atoms with Crippen LogP contribution in [0.3, 0.4) is 0 Å². The minimum Gasteiger partial charge on any atom is -0.496 e. The number of methoxy groups -OCH3 is 2. The standard InChI is InChI=1S/C18H18N2O.C17H13F3N2O2.2C17H16N2O2.2C17H16N2O/c1-2-14-15-5-6-17(21)20-9-7-12(18(15)20)10-16(14)13-4-3-8-19-11-13;18-17(19,20)24-14-7-13(8-21-9-14)12-5-10-1-2-15(23)22-4-3-11(6-12)16(10)22;2*1-21-15-4-6-18-10-14(15)13-8-11-2-3-16(20)19-7-5-12(9-13)17(11)19;1-11-14-4-5-16(20)19-8-6-12(17(14)19)9-15(11)13-3-2-7-18-10-13;1-11-14-6-8-19-16(20)5-4-12(17(14)19)9-15(11)13-3-2-7-18-10-13/h3-4,8,10-11H,2,5-7,9H2,1H3;5-9H,1-4H2;2*4,6,8-10H,2-3,5,7H2,1H3;2*2-3,7,9-10H,4-6,8H2,1H3. The maximum absolute atomic E-state index is 12.4. The molecule has 0 spiro atoms. The Hall–Kier alpha value is -13.8. The molecule has 24 heteroatoms. The van der Waals surface area contributed by atoms with E-state index in [9.17, 15) is 41.9 Å². The van der Waals surface area contributed by atoms with Crippen molar-refractivity contribution >= 4 is 69.6 Å². The van der Waals surface area contributed by atoms with Crippen LogP contribution in [0.15, 0.2) is 184 Å². The van der Waals surface area contributed by atoms with E-state index >= 15 is 0 Å². The van der Waals surface area contributed by atoms with E-state index in [4.69, 9.17) is 9.47 Å². The minimum absolute atomic E-state index is 0.135. The molecule has 0 bridgehead atoms. The van der Waals surface area contributed by atoms with E-state index in [0.29, 0.717) is 57.1 Å². The number of pyridine rings is 6. The van der Waals surface area contributed by atoms with Gasteiger partial charge in [0.15, 0.2) is 0 Å². The molecule has 21 nitrogen and oxygen atoms in total. The summed E-state index contributed by atoms with van der Waals surface area (Å²) < 4.78 is 51.9. The number of aryl methyl sites for hydroxylation is 4. The minimum atomic E-state index is -4.74. The molecular weight excluding hydrogens is 1610 g/mol. The molecule has 0 N–H and O–H groups in total. The lowest BCUT2D eigenvalue weighted by Crippen LogP contribution is -2.33. The van der Waals surface area contributed by atoms with E-state index in [1.165, 1.54) is 135 Å². The van der Waals surface area contributed by atoms with Crippen LogP contribution >= 0.6 is 0 Å². The third-order valence-electron chi connectivity index (χ3n) is 26.8. The number of carbonyl (C=O) groups is 6. The average molecular weight is 1700 g/mol. The van der Waals surface area contributed by atoms with Crippen LogP contribution in [-0.2, 0) is 112 Å². The van der Waals surface area contributed by atoms with Crippen LogP contribution in [-0.4, -0.2) is 125 Å². The highest BCUT2D eigenvalue weighted by molar-refractivity contribution is 6.05. The van der Waals surface area contributed by atoms with E-state index < -0.39 is 6.36 Å². The molecule has 0 unspecified atom stereocenters. The maximum Gasteiger partial charge on any atom is 0.573 e. The first-order valence-corrected chi connectivity index (χ1v) is 43.9. The van der Waals surface area contributed by atoms with Gasteiger partial charge in [-0.2, -0.15) is 0 Å². The summed E-state index contributed by atoms with van der Waals surface area (Å²) in [6.07, 6.45) is 31.3. The molecule has 6 amide bonds. The topological polar surface area (TPSA) is 227 Å². The van der Waals surface area contributed by atoms with Gasteiger partial charge in [0.2, 0.25) is 35.4 Å². The summed E-state index contributed by atoms with van der Waals surface area (Å²) in [4.78, 5) is 109. The summed E-state index contributed by atoms with van der Waals surface area (Å²) >= 11 is 0. The number of hydrogen-bond donors (Lipinski definition) is 0. The van der Waals surface area contributed by atoms with Crippen LogP contribution < -0.4 is 43.6 Å². The van der Waals surface area contributed by atoms with Gasteiger partial charge in [0.05, 0.1) is 54.5 Å². The van der Waals surface area contributed by atoms with E-state index in [-0.39, 0.29) is 41.2 Å². The molecule has 0 aliphatic carbocycles. The zero-order valence-electron chi connectivity index (χ0n) is 71.7. The Morgan fingerprint density at radius 3 is 1.02 bits per heavy atom. The van der Waals surface area contributed by atoms with Gasteiger partial charge < -0.3 is 43.6 Å². The molecule has 0 saturated carbocycles. The molecule has 6 aromatic carbocycles. The Labute approximate surface area is 734 Å². The molecule has 18 heterocycles. The number of carbonyl (C=O) groups excluding carboxylic acids is 6. The van der Waals surface area contributed by atoms with E-state index in [1.54, 1.807) is 43.9 Å². The van der Waals surface area contributed by atoms with Crippen LogP contribution in [0, 0.1) is 13.8 Å². The molecule has 642 valence electrons. The molecule has 0 fully saturated rings. The predicted octanol–water partition coefficient (Wildman–Crippen LogP) is 17.6. The zero-order chi connectivity index (χ0) is 87.5. The highest BCUT2D eigenvalue weighted by Gasteiger charge is 2.40. The fourth-order valence-corrected chi connectivity index (χ4v) is 20.9. The van der Waals surface area contributed by atoms with Crippen molar-refractivity contribution in [2.75, 3.05) is 82.9 Å². The first-order valence-electron chi connectivity index (χ1n) is 43.9. The second-order valence-corrected chi connectivity index (χ2v) is 33.8. The Morgan fingerprint density at radius 1 is 0.307 bits per heavy atom. The van der Waals surface area contributed by atoms with Crippen molar-refractivity contribution in [2.45, 2.75) is 149 Å². The number of nitrogens with zero attached hydrogens (tertiary/aromatic N) is 12. The fourth-order valence-electron chi connectivity index (χ4n) is 20.9. The summed E-state index contributed by atoms with van der Waals surface area (Å²) in [6.45, 7) is 11.4. The molecule has 24 rings (SSSR count). The summed E-state index contributed by atoms with van der Waals surface area (Å²) in [5.74, 6) is 2.83. The number of anilines is 6. The summed E-state index contributed by atoms with van der Waals surface area (Å²) in [6, 6.07) is 36.7. The van der Waals surface area contributed by atoms with Crippen molar-refractivity contribution < 1.29 is 56.1 Å². The lowest BCUT2D eigenvalue weighted by molar-refractivity contribution is -0.274. The third kappa shape index (κ3) is 15.9. The second-order valence-electron chi connectivity index (χ2n) is 33.8. The third-order valence-corrected chi connectivity index (χ3v) is 26.8. The first kappa shape index (κ1) is 82.8. The summed E-state index contributed by atoms with van der Waals surface area (Å²) in [5.41, 5.74) is 39.1. The lowest BCUT2D eigenvalue weighted by atomic mass is 9.87. The molecule has 0 saturated heterocycles. The molecule has 12 aliphatic heterocycles. The van der Waals surface area contributed by atoms with Crippen molar-refractivity contribution in [1.29, 1.82) is 0 Å². The van der Waals surface area contributed by atoms with Gasteiger partial charge >= 0.3 is 6.36 Å². The first-order chi connectivity index (χ1) is 61.8. The fraction of sp³-hybridized carbons (Fsp3) is 0.301. The highest BCUT2D eigenvalue weighted by atomic mass is 19.4. The van der Waals surface area contributed by atoms with Gasteiger partial charge in [-0.1, -0.05) is 25.1 Å². The number of halogens is 3. The van der Waals surface area contributed by atoms with Crippen LogP contribution in [0.4, 0.5) is 47.3 Å². The number of rotatable bonds is 10. The Kier molecular flexibility index (Phi) is 22.6. The molecule has 127 heavy (non-hydrogen) atoms. The van der Waals surface area contributed by atoms with Gasteiger partial charge in [-0.3, -0.25) is 58.7 Å². The Morgan fingerprint density at radius 2 is 0.630 bits per heavy atom. The van der Waals surface area contributed by atoms with Gasteiger partial charge in [0.25, 0.3) is 0 Å². The average Bonchev–Trinajstić information content (AvgIpc) is 1.72. The largest absolute Gasteiger partial charge is 0.573 e.